The van der Waals surface area contributed by atoms with Crippen molar-refractivity contribution in [2.24, 2.45) is 0 Å². The first-order valence-corrected chi connectivity index (χ1v) is 13.5. The fourth-order valence-electron chi connectivity index (χ4n) is 3.81. The van der Waals surface area contributed by atoms with E-state index in [1.54, 1.807) is 67.0 Å². The van der Waals surface area contributed by atoms with Gasteiger partial charge in [-0.3, -0.25) is 4.79 Å². The van der Waals surface area contributed by atoms with E-state index in [0.29, 0.717) is 39.0 Å². The summed E-state index contributed by atoms with van der Waals surface area (Å²) in [6, 6.07) is 16.8. The zero-order valence-corrected chi connectivity index (χ0v) is 22.6. The Bertz CT molecular complexity index is 1570. The summed E-state index contributed by atoms with van der Waals surface area (Å²) < 4.78 is 41.8. The molecule has 4 rings (SSSR count). The second kappa shape index (κ2) is 11.7. The summed E-state index contributed by atoms with van der Waals surface area (Å²) in [5.74, 6) is 0.737. The van der Waals surface area contributed by atoms with Gasteiger partial charge < -0.3 is 14.8 Å². The number of anilines is 1. The van der Waals surface area contributed by atoms with E-state index in [1.807, 2.05) is 6.92 Å². The average molecular weight is 555 g/mol. The van der Waals surface area contributed by atoms with Crippen molar-refractivity contribution in [2.75, 3.05) is 19.5 Å². The standard InChI is InChI=1S/C27H27ClN4O5S/c1-18-15-29-32(17-18)24-11-9-21(31-27(33)12-19-6-4-5-7-23(19)28)13-26(24)38(34,35)30-16-20-8-10-22(36-2)14-25(20)37-3/h4-11,13-15,17,30H,12,16H2,1-3H3,(H,31,33). The number of amides is 1. The number of hydrogen-bond acceptors (Lipinski definition) is 6. The first-order valence-electron chi connectivity index (χ1n) is 11.6. The van der Waals surface area contributed by atoms with E-state index in [4.69, 9.17) is 21.1 Å². The number of aromatic nitrogens is 2. The number of ether oxygens (including phenoxy) is 2. The molecule has 198 valence electrons. The highest BCUT2D eigenvalue weighted by Crippen LogP contribution is 2.27. The maximum absolute atomic E-state index is 13.6. The Kier molecular flexibility index (Phi) is 8.35. The van der Waals surface area contributed by atoms with Crippen molar-refractivity contribution in [1.82, 2.24) is 14.5 Å². The van der Waals surface area contributed by atoms with Crippen molar-refractivity contribution in [3.8, 4) is 17.2 Å². The van der Waals surface area contributed by atoms with Crippen LogP contribution in [0.1, 0.15) is 16.7 Å². The van der Waals surface area contributed by atoms with Gasteiger partial charge in [-0.15, -0.1) is 0 Å². The number of benzene rings is 3. The minimum atomic E-state index is -4.06. The highest BCUT2D eigenvalue weighted by atomic mass is 35.5. The van der Waals surface area contributed by atoms with E-state index in [-0.39, 0.29) is 23.8 Å². The van der Waals surface area contributed by atoms with Crippen molar-refractivity contribution >= 4 is 33.2 Å². The van der Waals surface area contributed by atoms with Gasteiger partial charge in [-0.1, -0.05) is 35.9 Å². The van der Waals surface area contributed by atoms with Crippen molar-refractivity contribution < 1.29 is 22.7 Å². The van der Waals surface area contributed by atoms with Crippen LogP contribution in [-0.2, 0) is 27.8 Å². The van der Waals surface area contributed by atoms with Crippen molar-refractivity contribution in [3.63, 3.8) is 0 Å². The van der Waals surface area contributed by atoms with Gasteiger partial charge in [0.1, 0.15) is 16.4 Å². The van der Waals surface area contributed by atoms with Gasteiger partial charge in [-0.25, -0.2) is 17.8 Å². The molecule has 1 heterocycles. The minimum Gasteiger partial charge on any atom is -0.497 e. The molecule has 9 nitrogen and oxygen atoms in total. The lowest BCUT2D eigenvalue weighted by Gasteiger charge is -2.15. The number of sulfonamides is 1. The van der Waals surface area contributed by atoms with Crippen molar-refractivity contribution in [2.45, 2.75) is 24.8 Å². The third-order valence-corrected chi connectivity index (χ3v) is 7.55. The molecule has 1 aromatic heterocycles. The second-order valence-corrected chi connectivity index (χ2v) is 10.6. The molecule has 0 bridgehead atoms. The minimum absolute atomic E-state index is 0.0316. The molecular weight excluding hydrogens is 528 g/mol. The summed E-state index contributed by atoms with van der Waals surface area (Å²) in [4.78, 5) is 12.7. The fourth-order valence-corrected chi connectivity index (χ4v) is 5.23. The molecule has 4 aromatic rings. The maximum atomic E-state index is 13.6. The van der Waals surface area contributed by atoms with Gasteiger partial charge in [0.25, 0.3) is 0 Å². The number of rotatable bonds is 10. The zero-order valence-electron chi connectivity index (χ0n) is 21.1. The van der Waals surface area contributed by atoms with Gasteiger partial charge in [-0.05, 0) is 48.4 Å². The van der Waals surface area contributed by atoms with Crippen LogP contribution in [0.25, 0.3) is 5.69 Å². The molecule has 0 saturated heterocycles. The lowest BCUT2D eigenvalue weighted by atomic mass is 10.1. The van der Waals surface area contributed by atoms with Crippen LogP contribution in [0.15, 0.2) is 78.0 Å². The first-order chi connectivity index (χ1) is 18.2. The molecule has 0 radical (unpaired) electrons. The summed E-state index contributed by atoms with van der Waals surface area (Å²) in [7, 11) is -1.03. The number of nitrogens with zero attached hydrogens (tertiary/aromatic N) is 2. The molecule has 0 aliphatic heterocycles. The molecule has 11 heteroatoms. The maximum Gasteiger partial charge on any atom is 0.243 e. The topological polar surface area (TPSA) is 112 Å². The van der Waals surface area contributed by atoms with E-state index in [0.717, 1.165) is 5.56 Å². The molecule has 1 amide bonds. The zero-order chi connectivity index (χ0) is 27.3. The third kappa shape index (κ3) is 6.34. The van der Waals surface area contributed by atoms with E-state index >= 15 is 0 Å². The molecule has 2 N–H and O–H groups in total. The molecule has 0 aliphatic rings. The van der Waals surface area contributed by atoms with Crippen LogP contribution >= 0.6 is 11.6 Å². The highest BCUT2D eigenvalue weighted by Gasteiger charge is 2.22. The Morgan fingerprint density at radius 2 is 1.82 bits per heavy atom. The Morgan fingerprint density at radius 1 is 1.03 bits per heavy atom. The molecule has 0 spiro atoms. The molecule has 38 heavy (non-hydrogen) atoms. The van der Waals surface area contributed by atoms with Gasteiger partial charge in [0.2, 0.25) is 15.9 Å². The van der Waals surface area contributed by atoms with Crippen LogP contribution in [0.4, 0.5) is 5.69 Å². The SMILES string of the molecule is COc1ccc(CNS(=O)(=O)c2cc(NC(=O)Cc3ccccc3Cl)ccc2-n2cc(C)cn2)c(OC)c1. The Labute approximate surface area is 226 Å². The van der Waals surface area contributed by atoms with Crippen LogP contribution in [-0.4, -0.2) is 38.3 Å². The summed E-state index contributed by atoms with van der Waals surface area (Å²) in [6.07, 6.45) is 3.39. The number of aryl methyl sites for hydroxylation is 1. The number of methoxy groups -OCH3 is 2. The largest absolute Gasteiger partial charge is 0.497 e. The molecule has 3 aromatic carbocycles. The predicted molar refractivity (Wildman–Crippen MR) is 146 cm³/mol. The highest BCUT2D eigenvalue weighted by molar-refractivity contribution is 7.89. The van der Waals surface area contributed by atoms with E-state index in [1.165, 1.54) is 25.0 Å². The van der Waals surface area contributed by atoms with Gasteiger partial charge >= 0.3 is 0 Å². The summed E-state index contributed by atoms with van der Waals surface area (Å²) in [6.45, 7) is 1.82. The quantitative estimate of drug-likeness (QED) is 0.298. The number of hydrogen-bond donors (Lipinski definition) is 2. The first kappa shape index (κ1) is 27.2. The molecular formula is C27H27ClN4O5S. The lowest BCUT2D eigenvalue weighted by Crippen LogP contribution is -2.25. The average Bonchev–Trinajstić information content (AvgIpc) is 3.34. The van der Waals surface area contributed by atoms with Crippen LogP contribution < -0.4 is 19.5 Å². The smallest absolute Gasteiger partial charge is 0.243 e. The molecule has 0 aliphatic carbocycles. The number of carbonyl (C=O) groups excluding carboxylic acids is 1. The molecule has 0 atom stereocenters. The van der Waals surface area contributed by atoms with Gasteiger partial charge in [0.05, 0.1) is 32.5 Å². The second-order valence-electron chi connectivity index (χ2n) is 8.46. The van der Waals surface area contributed by atoms with Crippen LogP contribution in [0.3, 0.4) is 0 Å². The third-order valence-electron chi connectivity index (χ3n) is 5.75. The van der Waals surface area contributed by atoms with E-state index in [2.05, 4.69) is 15.1 Å². The van der Waals surface area contributed by atoms with Crippen LogP contribution in [0.2, 0.25) is 5.02 Å². The van der Waals surface area contributed by atoms with Crippen molar-refractivity contribution in [1.29, 1.82) is 0 Å². The Hall–Kier alpha value is -3.86. The summed E-state index contributed by atoms with van der Waals surface area (Å²) in [5, 5.41) is 7.52. The fraction of sp³-hybridized carbons (Fsp3) is 0.185. The van der Waals surface area contributed by atoms with Crippen LogP contribution in [0.5, 0.6) is 11.5 Å². The normalized spacial score (nSPS) is 11.3. The molecule has 0 saturated carbocycles. The molecule has 0 unspecified atom stereocenters. The number of carbonyl (C=O) groups is 1. The van der Waals surface area contributed by atoms with Crippen LogP contribution in [0, 0.1) is 6.92 Å². The summed E-state index contributed by atoms with van der Waals surface area (Å²) in [5.41, 5.74) is 2.80. The van der Waals surface area contributed by atoms with Gasteiger partial charge in [0.15, 0.2) is 0 Å². The predicted octanol–water partition coefficient (Wildman–Crippen LogP) is 4.51. The van der Waals surface area contributed by atoms with Crippen molar-refractivity contribution in [3.05, 3.63) is 94.8 Å². The number of halogens is 1. The lowest BCUT2D eigenvalue weighted by molar-refractivity contribution is -0.115. The van der Waals surface area contributed by atoms with E-state index in [9.17, 15) is 13.2 Å². The Morgan fingerprint density at radius 3 is 2.50 bits per heavy atom. The van der Waals surface area contributed by atoms with E-state index < -0.39 is 10.0 Å². The Balaban J connectivity index is 1.63. The number of nitrogens with one attached hydrogen (secondary N) is 2. The monoisotopic (exact) mass is 554 g/mol. The van der Waals surface area contributed by atoms with Gasteiger partial charge in [0, 0.05) is 35.1 Å². The van der Waals surface area contributed by atoms with Gasteiger partial charge in [-0.2, -0.15) is 5.10 Å². The molecule has 0 fully saturated rings. The summed E-state index contributed by atoms with van der Waals surface area (Å²) >= 11 is 6.18.